The van der Waals surface area contributed by atoms with Crippen LogP contribution in [-0.2, 0) is 18.9 Å². The zero-order valence-electron chi connectivity index (χ0n) is 13.6. The number of nitrogens with two attached hydrogens (primary N) is 1. The molecule has 0 aliphatic carbocycles. The van der Waals surface area contributed by atoms with E-state index in [1.54, 1.807) is 12.1 Å². The minimum atomic E-state index is 0.460. The van der Waals surface area contributed by atoms with Crippen molar-refractivity contribution in [3.63, 3.8) is 0 Å². The summed E-state index contributed by atoms with van der Waals surface area (Å²) in [7, 11) is 0. The van der Waals surface area contributed by atoms with Crippen molar-refractivity contribution in [1.82, 2.24) is 0 Å². The Kier molecular flexibility index (Phi) is 11.9. The van der Waals surface area contributed by atoms with Crippen molar-refractivity contribution in [3.8, 4) is 5.75 Å². The molecule has 0 atom stereocenters. The smallest absolute Gasteiger partial charge is 0.142 e. The monoisotopic (exact) mass is 325 g/mol. The van der Waals surface area contributed by atoms with Gasteiger partial charge < -0.3 is 29.4 Å². The summed E-state index contributed by atoms with van der Waals surface area (Å²) in [4.78, 5) is 0. The second kappa shape index (κ2) is 14.0. The van der Waals surface area contributed by atoms with E-state index in [2.05, 4.69) is 6.58 Å². The maximum absolute atomic E-state index is 5.77. The molecule has 0 unspecified atom stereocenters. The van der Waals surface area contributed by atoms with E-state index in [0.29, 0.717) is 70.9 Å². The molecule has 23 heavy (non-hydrogen) atoms. The van der Waals surface area contributed by atoms with Crippen LogP contribution in [0.3, 0.4) is 0 Å². The van der Waals surface area contributed by atoms with Crippen molar-refractivity contribution in [3.05, 3.63) is 36.9 Å². The molecule has 0 amide bonds. The molecule has 0 radical (unpaired) electrons. The first-order chi connectivity index (χ1) is 11.3. The molecule has 0 aromatic heterocycles. The Balaban J connectivity index is 1.80. The summed E-state index contributed by atoms with van der Waals surface area (Å²) in [6, 6.07) is 7.39. The molecule has 130 valence electrons. The summed E-state index contributed by atoms with van der Waals surface area (Å²) in [5.74, 6) is 0.682. The Bertz CT molecular complexity index is 414. The van der Waals surface area contributed by atoms with E-state index in [9.17, 15) is 0 Å². The first-order valence-corrected chi connectivity index (χ1v) is 7.73. The minimum Gasteiger partial charge on any atom is -0.489 e. The summed E-state index contributed by atoms with van der Waals surface area (Å²) in [6.45, 7) is 8.35. The summed E-state index contributed by atoms with van der Waals surface area (Å²) >= 11 is 0. The van der Waals surface area contributed by atoms with Crippen LogP contribution < -0.4 is 10.5 Å². The van der Waals surface area contributed by atoms with Crippen molar-refractivity contribution in [2.24, 2.45) is 0 Å². The third-order valence-corrected chi connectivity index (χ3v) is 2.76. The van der Waals surface area contributed by atoms with Crippen LogP contribution in [0.25, 0.3) is 0 Å². The maximum Gasteiger partial charge on any atom is 0.142 e. The molecule has 0 bridgehead atoms. The molecule has 6 heteroatoms. The topological polar surface area (TPSA) is 72.2 Å². The second-order valence-electron chi connectivity index (χ2n) is 4.59. The van der Waals surface area contributed by atoms with E-state index in [1.165, 1.54) is 0 Å². The van der Waals surface area contributed by atoms with Crippen molar-refractivity contribution in [2.45, 2.75) is 0 Å². The number of anilines is 1. The molecular formula is C17H27NO5. The summed E-state index contributed by atoms with van der Waals surface area (Å²) in [6.07, 6.45) is 1.71. The standard InChI is InChI=1S/C17H27NO5/c1-2-7-19-8-9-20-10-11-21-12-13-22-14-15-23-17-6-4-3-5-16(17)18/h2-6H,1,7-15,18H2. The summed E-state index contributed by atoms with van der Waals surface area (Å²) in [5, 5.41) is 0. The highest BCUT2D eigenvalue weighted by atomic mass is 16.6. The average molecular weight is 325 g/mol. The van der Waals surface area contributed by atoms with Gasteiger partial charge in [-0.1, -0.05) is 18.2 Å². The Labute approximate surface area is 138 Å². The predicted molar refractivity (Wildman–Crippen MR) is 89.8 cm³/mol. The first-order valence-electron chi connectivity index (χ1n) is 7.73. The van der Waals surface area contributed by atoms with Gasteiger partial charge in [0.25, 0.3) is 0 Å². The molecule has 0 fully saturated rings. The van der Waals surface area contributed by atoms with Gasteiger partial charge >= 0.3 is 0 Å². The van der Waals surface area contributed by atoms with Gasteiger partial charge in [-0.25, -0.2) is 0 Å². The van der Waals surface area contributed by atoms with E-state index in [1.807, 2.05) is 18.2 Å². The first kappa shape index (κ1) is 19.4. The Morgan fingerprint density at radius 3 is 1.87 bits per heavy atom. The highest BCUT2D eigenvalue weighted by Crippen LogP contribution is 2.19. The van der Waals surface area contributed by atoms with Gasteiger partial charge in [0, 0.05) is 0 Å². The van der Waals surface area contributed by atoms with E-state index >= 15 is 0 Å². The van der Waals surface area contributed by atoms with Gasteiger partial charge in [0.05, 0.1) is 58.5 Å². The van der Waals surface area contributed by atoms with Crippen LogP contribution in [0, 0.1) is 0 Å². The average Bonchev–Trinajstić information content (AvgIpc) is 2.57. The lowest BCUT2D eigenvalue weighted by molar-refractivity contribution is -0.00219. The molecule has 1 rings (SSSR count). The molecule has 2 N–H and O–H groups in total. The SMILES string of the molecule is C=CCOCCOCCOCCOCCOc1ccccc1N. The van der Waals surface area contributed by atoms with Gasteiger partial charge in [0.2, 0.25) is 0 Å². The normalized spacial score (nSPS) is 10.6. The number of hydrogen-bond donors (Lipinski definition) is 1. The zero-order valence-corrected chi connectivity index (χ0v) is 13.6. The number of hydrogen-bond acceptors (Lipinski definition) is 6. The Hall–Kier alpha value is -1.60. The van der Waals surface area contributed by atoms with Crippen LogP contribution in [0.2, 0.25) is 0 Å². The Morgan fingerprint density at radius 2 is 1.30 bits per heavy atom. The molecular weight excluding hydrogens is 298 g/mol. The fraction of sp³-hybridized carbons (Fsp3) is 0.529. The van der Waals surface area contributed by atoms with Crippen molar-refractivity contribution < 1.29 is 23.7 Å². The molecule has 0 aliphatic heterocycles. The predicted octanol–water partition coefficient (Wildman–Crippen LogP) is 1.90. The van der Waals surface area contributed by atoms with Gasteiger partial charge in [0.15, 0.2) is 0 Å². The van der Waals surface area contributed by atoms with Crippen LogP contribution in [0.15, 0.2) is 36.9 Å². The van der Waals surface area contributed by atoms with E-state index in [-0.39, 0.29) is 0 Å². The van der Waals surface area contributed by atoms with E-state index < -0.39 is 0 Å². The number of rotatable bonds is 15. The molecule has 0 saturated carbocycles. The van der Waals surface area contributed by atoms with Crippen LogP contribution in [0.1, 0.15) is 0 Å². The van der Waals surface area contributed by atoms with Gasteiger partial charge in [0.1, 0.15) is 12.4 Å². The van der Waals surface area contributed by atoms with Crippen LogP contribution in [0.5, 0.6) is 5.75 Å². The van der Waals surface area contributed by atoms with Crippen molar-refractivity contribution in [1.29, 1.82) is 0 Å². The fourth-order valence-electron chi connectivity index (χ4n) is 1.65. The van der Waals surface area contributed by atoms with Gasteiger partial charge in [-0.05, 0) is 12.1 Å². The molecule has 1 aromatic rings. The Morgan fingerprint density at radius 1 is 0.783 bits per heavy atom. The molecule has 0 saturated heterocycles. The molecule has 0 heterocycles. The highest BCUT2D eigenvalue weighted by Gasteiger charge is 1.98. The molecule has 6 nitrogen and oxygen atoms in total. The van der Waals surface area contributed by atoms with E-state index in [4.69, 9.17) is 29.4 Å². The second-order valence-corrected chi connectivity index (χ2v) is 4.59. The van der Waals surface area contributed by atoms with Crippen molar-refractivity contribution in [2.75, 3.05) is 65.2 Å². The zero-order chi connectivity index (χ0) is 16.6. The molecule has 0 spiro atoms. The third kappa shape index (κ3) is 10.7. The summed E-state index contributed by atoms with van der Waals surface area (Å²) in [5.41, 5.74) is 6.40. The maximum atomic E-state index is 5.77. The lowest BCUT2D eigenvalue weighted by Crippen LogP contribution is -2.14. The largest absolute Gasteiger partial charge is 0.489 e. The quantitative estimate of drug-likeness (QED) is 0.302. The third-order valence-electron chi connectivity index (χ3n) is 2.76. The fourth-order valence-corrected chi connectivity index (χ4v) is 1.65. The molecule has 0 aliphatic rings. The van der Waals surface area contributed by atoms with Crippen LogP contribution in [0.4, 0.5) is 5.69 Å². The number of ether oxygens (including phenoxy) is 5. The minimum absolute atomic E-state index is 0.460. The number of nitrogen functional groups attached to an aromatic ring is 1. The van der Waals surface area contributed by atoms with Gasteiger partial charge in [-0.15, -0.1) is 6.58 Å². The van der Waals surface area contributed by atoms with Crippen molar-refractivity contribution >= 4 is 5.69 Å². The van der Waals surface area contributed by atoms with Crippen LogP contribution in [-0.4, -0.2) is 59.5 Å². The molecule has 1 aromatic carbocycles. The lowest BCUT2D eigenvalue weighted by Gasteiger charge is -2.09. The highest BCUT2D eigenvalue weighted by molar-refractivity contribution is 5.51. The van der Waals surface area contributed by atoms with Crippen LogP contribution >= 0.6 is 0 Å². The van der Waals surface area contributed by atoms with E-state index in [0.717, 1.165) is 0 Å². The number of para-hydroxylation sites is 2. The van der Waals surface area contributed by atoms with Gasteiger partial charge in [-0.3, -0.25) is 0 Å². The number of benzene rings is 1. The van der Waals surface area contributed by atoms with Gasteiger partial charge in [-0.2, -0.15) is 0 Å². The lowest BCUT2D eigenvalue weighted by atomic mass is 10.3. The summed E-state index contributed by atoms with van der Waals surface area (Å²) < 4.78 is 26.8.